The van der Waals surface area contributed by atoms with Crippen molar-refractivity contribution >= 4 is 34.4 Å². The van der Waals surface area contributed by atoms with Crippen LogP contribution in [0.25, 0.3) is 0 Å². The van der Waals surface area contributed by atoms with Gasteiger partial charge >= 0.3 is 0 Å². The second-order valence-electron chi connectivity index (χ2n) is 9.85. The molecule has 2 saturated heterocycles. The molecule has 3 N–H and O–H groups in total. The summed E-state index contributed by atoms with van der Waals surface area (Å²) in [4.78, 5) is 16.2. The number of nitrogen functional groups attached to an aromatic ring is 1. The molecule has 0 amide bonds. The van der Waals surface area contributed by atoms with E-state index in [-0.39, 0.29) is 28.0 Å². The van der Waals surface area contributed by atoms with Gasteiger partial charge in [0, 0.05) is 18.5 Å². The topological polar surface area (TPSA) is 130 Å². The standard InChI is InChI=1S/C23H31N7O2S2/c1-15-21(29-34(31)22(2,3)4)23(14-32-15)7-9-30(10-8-23)19-12-27-20(13-26-19)33-17-5-6-18(25)28-16(17)11-24/h5-6,12-13,15,21,29H,7-10,14H2,1-4H3,(H2,25,28)/t15-,21+,34?/m0/s1. The number of rotatable bonds is 5. The first-order chi connectivity index (χ1) is 16.1. The number of aromatic nitrogens is 3. The average Bonchev–Trinajstić information content (AvgIpc) is 3.10. The highest BCUT2D eigenvalue weighted by atomic mass is 32.2. The van der Waals surface area contributed by atoms with E-state index < -0.39 is 11.0 Å². The molecule has 4 heterocycles. The van der Waals surface area contributed by atoms with Crippen molar-refractivity contribution in [1.29, 1.82) is 5.26 Å². The summed E-state index contributed by atoms with van der Waals surface area (Å²) >= 11 is 1.34. The Kier molecular flexibility index (Phi) is 7.14. The van der Waals surface area contributed by atoms with E-state index in [1.807, 2.05) is 20.8 Å². The number of nitrogens with two attached hydrogens (primary N) is 1. The van der Waals surface area contributed by atoms with Crippen molar-refractivity contribution in [2.75, 3.05) is 30.3 Å². The van der Waals surface area contributed by atoms with Gasteiger partial charge in [0.15, 0.2) is 5.69 Å². The van der Waals surface area contributed by atoms with E-state index in [4.69, 9.17) is 10.5 Å². The number of nitriles is 1. The van der Waals surface area contributed by atoms with Crippen LogP contribution < -0.4 is 15.4 Å². The van der Waals surface area contributed by atoms with Gasteiger partial charge in [0.25, 0.3) is 0 Å². The maximum Gasteiger partial charge on any atom is 0.156 e. The van der Waals surface area contributed by atoms with Crippen molar-refractivity contribution in [1.82, 2.24) is 19.7 Å². The molecule has 3 atom stereocenters. The molecule has 2 aromatic rings. The zero-order chi connectivity index (χ0) is 24.5. The van der Waals surface area contributed by atoms with E-state index in [2.05, 4.69) is 37.6 Å². The molecule has 2 aliphatic heterocycles. The number of nitrogens with zero attached hydrogens (tertiary/aromatic N) is 5. The van der Waals surface area contributed by atoms with Gasteiger partial charge in [-0.2, -0.15) is 5.26 Å². The molecule has 11 heteroatoms. The maximum atomic E-state index is 12.8. The Morgan fingerprint density at radius 2 is 2.03 bits per heavy atom. The number of pyridine rings is 1. The lowest BCUT2D eigenvalue weighted by molar-refractivity contribution is 0.0973. The Balaban J connectivity index is 1.40. The molecule has 2 aromatic heterocycles. The predicted octanol–water partition coefficient (Wildman–Crippen LogP) is 2.90. The van der Waals surface area contributed by atoms with E-state index in [9.17, 15) is 9.47 Å². The van der Waals surface area contributed by atoms with Crippen LogP contribution >= 0.6 is 11.8 Å². The van der Waals surface area contributed by atoms with Crippen molar-refractivity contribution in [2.24, 2.45) is 5.41 Å². The molecule has 1 unspecified atom stereocenters. The molecule has 0 saturated carbocycles. The normalized spacial score (nSPS) is 23.1. The van der Waals surface area contributed by atoms with E-state index in [0.29, 0.717) is 22.3 Å². The Morgan fingerprint density at radius 1 is 1.29 bits per heavy atom. The fourth-order valence-electron chi connectivity index (χ4n) is 4.39. The summed E-state index contributed by atoms with van der Waals surface area (Å²) in [7, 11) is -1.14. The lowest BCUT2D eigenvalue weighted by Crippen LogP contribution is -2.55. The van der Waals surface area contributed by atoms with Gasteiger partial charge < -0.3 is 15.4 Å². The third kappa shape index (κ3) is 5.20. The molecule has 0 bridgehead atoms. The first-order valence-corrected chi connectivity index (χ1v) is 13.3. The monoisotopic (exact) mass is 501 g/mol. The highest BCUT2D eigenvalue weighted by Gasteiger charge is 2.50. The fraction of sp³-hybridized carbons (Fsp3) is 0.565. The number of piperidine rings is 1. The highest BCUT2D eigenvalue weighted by molar-refractivity contribution is 7.99. The maximum absolute atomic E-state index is 12.8. The van der Waals surface area contributed by atoms with Crippen molar-refractivity contribution in [3.8, 4) is 6.07 Å². The summed E-state index contributed by atoms with van der Waals surface area (Å²) in [5.41, 5.74) is 5.92. The van der Waals surface area contributed by atoms with Crippen LogP contribution in [0, 0.1) is 16.7 Å². The van der Waals surface area contributed by atoms with E-state index in [0.717, 1.165) is 31.7 Å². The number of ether oxygens (including phenoxy) is 1. The number of hydrogen-bond acceptors (Lipinski definition) is 9. The molecule has 0 aliphatic carbocycles. The smallest absolute Gasteiger partial charge is 0.156 e. The Bertz CT molecular complexity index is 1090. The van der Waals surface area contributed by atoms with Gasteiger partial charge in [0.2, 0.25) is 0 Å². The first-order valence-electron chi connectivity index (χ1n) is 11.3. The molecule has 2 fully saturated rings. The Hall–Kier alpha value is -2.26. The van der Waals surface area contributed by atoms with E-state index in [1.165, 1.54) is 11.8 Å². The lowest BCUT2D eigenvalue weighted by Gasteiger charge is -2.43. The SMILES string of the molecule is C[C@@H]1OCC2(CCN(c3cnc(Sc4ccc(N)nc4C#N)cn3)CC2)[C@@H]1NS(=O)C(C)(C)C. The molecular weight excluding hydrogens is 470 g/mol. The van der Waals surface area contributed by atoms with Crippen molar-refractivity contribution in [3.05, 3.63) is 30.2 Å². The molecule has 0 radical (unpaired) electrons. The van der Waals surface area contributed by atoms with Crippen molar-refractivity contribution in [3.63, 3.8) is 0 Å². The Morgan fingerprint density at radius 3 is 2.65 bits per heavy atom. The van der Waals surface area contributed by atoms with Crippen LogP contribution in [-0.4, -0.2) is 55.8 Å². The van der Waals surface area contributed by atoms with Crippen LogP contribution in [0.2, 0.25) is 0 Å². The second-order valence-corrected chi connectivity index (χ2v) is 12.9. The second kappa shape index (κ2) is 9.77. The van der Waals surface area contributed by atoms with Crippen LogP contribution in [0.4, 0.5) is 11.6 Å². The summed E-state index contributed by atoms with van der Waals surface area (Å²) in [6.45, 7) is 10.4. The predicted molar refractivity (Wildman–Crippen MR) is 134 cm³/mol. The quantitative estimate of drug-likeness (QED) is 0.635. The summed E-state index contributed by atoms with van der Waals surface area (Å²) < 4.78 is 21.9. The van der Waals surface area contributed by atoms with Gasteiger partial charge in [-0.05, 0) is 52.7 Å². The minimum absolute atomic E-state index is 0.0232. The third-order valence-electron chi connectivity index (χ3n) is 6.45. The number of nitrogens with one attached hydrogen (secondary N) is 1. The zero-order valence-electron chi connectivity index (χ0n) is 19.9. The number of hydrogen-bond donors (Lipinski definition) is 2. The summed E-state index contributed by atoms with van der Waals surface area (Å²) in [6.07, 6.45) is 5.37. The minimum Gasteiger partial charge on any atom is -0.384 e. The largest absolute Gasteiger partial charge is 0.384 e. The van der Waals surface area contributed by atoms with E-state index >= 15 is 0 Å². The van der Waals surface area contributed by atoms with Crippen LogP contribution in [0.5, 0.6) is 0 Å². The van der Waals surface area contributed by atoms with Gasteiger partial charge in [0.1, 0.15) is 22.7 Å². The Labute approximate surface area is 207 Å². The van der Waals surface area contributed by atoms with Gasteiger partial charge in [-0.1, -0.05) is 11.8 Å². The van der Waals surface area contributed by atoms with Gasteiger partial charge in [0.05, 0.1) is 51.8 Å². The summed E-state index contributed by atoms with van der Waals surface area (Å²) in [5.74, 6) is 1.14. The van der Waals surface area contributed by atoms with Crippen LogP contribution in [0.3, 0.4) is 0 Å². The lowest BCUT2D eigenvalue weighted by atomic mass is 9.73. The van der Waals surface area contributed by atoms with Gasteiger partial charge in [-0.25, -0.2) is 23.9 Å². The van der Waals surface area contributed by atoms with Gasteiger partial charge in [-0.15, -0.1) is 0 Å². The number of anilines is 2. The van der Waals surface area contributed by atoms with Crippen LogP contribution in [0.15, 0.2) is 34.4 Å². The molecule has 4 rings (SSSR count). The summed E-state index contributed by atoms with van der Waals surface area (Å²) in [6, 6.07) is 5.56. The van der Waals surface area contributed by atoms with Gasteiger partial charge in [-0.3, -0.25) is 0 Å². The molecule has 1 spiro atoms. The third-order valence-corrected chi connectivity index (χ3v) is 9.00. The van der Waals surface area contributed by atoms with Crippen LogP contribution in [-0.2, 0) is 15.7 Å². The molecular formula is C23H31N7O2S2. The van der Waals surface area contributed by atoms with Crippen LogP contribution in [0.1, 0.15) is 46.2 Å². The van der Waals surface area contributed by atoms with Crippen molar-refractivity contribution < 1.29 is 8.95 Å². The molecule has 34 heavy (non-hydrogen) atoms. The first kappa shape index (κ1) is 24.9. The minimum atomic E-state index is -1.14. The average molecular weight is 502 g/mol. The highest BCUT2D eigenvalue weighted by Crippen LogP contribution is 2.43. The fourth-order valence-corrected chi connectivity index (χ4v) is 6.18. The van der Waals surface area contributed by atoms with Crippen molar-refractivity contribution in [2.45, 2.75) is 67.4 Å². The molecule has 2 aliphatic rings. The zero-order valence-corrected chi connectivity index (χ0v) is 21.6. The summed E-state index contributed by atoms with van der Waals surface area (Å²) in [5, 5.41) is 9.98. The van der Waals surface area contributed by atoms with E-state index in [1.54, 1.807) is 24.5 Å². The molecule has 182 valence electrons. The molecule has 0 aromatic carbocycles. The molecule has 9 nitrogen and oxygen atoms in total.